The van der Waals surface area contributed by atoms with Crippen LogP contribution in [0.15, 0.2) is 17.5 Å². The van der Waals surface area contributed by atoms with Gasteiger partial charge >= 0.3 is 5.97 Å². The summed E-state index contributed by atoms with van der Waals surface area (Å²) in [5.74, 6) is -0.595. The first kappa shape index (κ1) is 13.2. The number of nitrogens with zero attached hydrogens (tertiary/aromatic N) is 1. The molecule has 1 fully saturated rings. The van der Waals surface area contributed by atoms with Crippen LogP contribution >= 0.6 is 11.3 Å². The molecule has 1 N–H and O–H groups in total. The van der Waals surface area contributed by atoms with Crippen molar-refractivity contribution in [3.63, 3.8) is 0 Å². The smallest absolute Gasteiger partial charge is 0.304 e. The molecular weight excluding hydrogens is 250 g/mol. The number of ketones is 1. The van der Waals surface area contributed by atoms with Crippen LogP contribution in [-0.4, -0.2) is 40.9 Å². The molecule has 0 aromatic carbocycles. The highest BCUT2D eigenvalue weighted by atomic mass is 32.1. The molecule has 0 saturated carbocycles. The maximum Gasteiger partial charge on any atom is 0.304 e. The van der Waals surface area contributed by atoms with Gasteiger partial charge in [0.05, 0.1) is 11.3 Å². The van der Waals surface area contributed by atoms with Crippen molar-refractivity contribution in [2.24, 2.45) is 0 Å². The maximum atomic E-state index is 11.9. The van der Waals surface area contributed by atoms with E-state index in [0.29, 0.717) is 13.0 Å². The lowest BCUT2D eigenvalue weighted by Gasteiger charge is -2.22. The number of rotatable bonds is 6. The molecule has 1 aliphatic heterocycles. The monoisotopic (exact) mass is 267 g/mol. The SMILES string of the molecule is O=C(O)CC1CCCN1CCC(=O)c1cccs1. The molecule has 98 valence electrons. The second-order valence-corrected chi connectivity index (χ2v) is 5.53. The molecule has 0 spiro atoms. The van der Waals surface area contributed by atoms with Crippen molar-refractivity contribution < 1.29 is 14.7 Å². The van der Waals surface area contributed by atoms with Crippen molar-refractivity contribution in [2.75, 3.05) is 13.1 Å². The molecule has 1 atom stereocenters. The minimum atomic E-state index is -0.753. The minimum Gasteiger partial charge on any atom is -0.481 e. The first-order chi connectivity index (χ1) is 8.66. The summed E-state index contributed by atoms with van der Waals surface area (Å²) in [6.07, 6.45) is 2.63. The van der Waals surface area contributed by atoms with E-state index >= 15 is 0 Å². The number of thiophene rings is 1. The molecule has 2 rings (SSSR count). The number of carboxylic acid groups (broad SMARTS) is 1. The maximum absolute atomic E-state index is 11.9. The molecule has 0 radical (unpaired) electrons. The second-order valence-electron chi connectivity index (χ2n) is 4.58. The van der Waals surface area contributed by atoms with Gasteiger partial charge in [-0.1, -0.05) is 6.07 Å². The third-order valence-electron chi connectivity index (χ3n) is 3.33. The van der Waals surface area contributed by atoms with Crippen LogP contribution in [0.25, 0.3) is 0 Å². The average molecular weight is 267 g/mol. The van der Waals surface area contributed by atoms with Gasteiger partial charge in [-0.2, -0.15) is 0 Å². The third kappa shape index (κ3) is 3.40. The number of carbonyl (C=O) groups excluding carboxylic acids is 1. The molecule has 1 aromatic heterocycles. The summed E-state index contributed by atoms with van der Waals surface area (Å²) in [5.41, 5.74) is 0. The topological polar surface area (TPSA) is 57.6 Å². The normalized spacial score (nSPS) is 20.1. The Labute approximate surface area is 110 Å². The van der Waals surface area contributed by atoms with Crippen LogP contribution in [0.4, 0.5) is 0 Å². The van der Waals surface area contributed by atoms with Gasteiger partial charge in [0.15, 0.2) is 5.78 Å². The zero-order valence-corrected chi connectivity index (χ0v) is 11.0. The average Bonchev–Trinajstić information content (AvgIpc) is 2.95. The standard InChI is InChI=1S/C13H17NO3S/c15-11(12-4-2-8-18-12)5-7-14-6-1-3-10(14)9-13(16)17/h2,4,8,10H,1,3,5-7,9H2,(H,16,17). The molecule has 2 heterocycles. The summed E-state index contributed by atoms with van der Waals surface area (Å²) in [4.78, 5) is 25.5. The molecule has 0 bridgehead atoms. The highest BCUT2D eigenvalue weighted by Gasteiger charge is 2.26. The van der Waals surface area contributed by atoms with Crippen molar-refractivity contribution in [2.45, 2.75) is 31.7 Å². The Balaban J connectivity index is 1.82. The Bertz CT molecular complexity index is 416. The molecule has 1 aliphatic rings. The number of hydrogen-bond acceptors (Lipinski definition) is 4. The third-order valence-corrected chi connectivity index (χ3v) is 4.24. The van der Waals surface area contributed by atoms with Crippen molar-refractivity contribution in [1.82, 2.24) is 4.90 Å². The Morgan fingerprint density at radius 3 is 3.00 bits per heavy atom. The molecule has 1 saturated heterocycles. The zero-order valence-electron chi connectivity index (χ0n) is 10.2. The highest BCUT2D eigenvalue weighted by molar-refractivity contribution is 7.12. The quantitative estimate of drug-likeness (QED) is 0.803. The van der Waals surface area contributed by atoms with Gasteiger partial charge in [-0.25, -0.2) is 0 Å². The fourth-order valence-electron chi connectivity index (χ4n) is 2.43. The van der Waals surface area contributed by atoms with E-state index in [2.05, 4.69) is 4.90 Å². The van der Waals surface area contributed by atoms with Crippen molar-refractivity contribution >= 4 is 23.1 Å². The van der Waals surface area contributed by atoms with Crippen LogP contribution in [0.5, 0.6) is 0 Å². The Kier molecular flexibility index (Phi) is 4.49. The van der Waals surface area contributed by atoms with Gasteiger partial charge in [-0.3, -0.25) is 14.5 Å². The first-order valence-corrected chi connectivity index (χ1v) is 7.07. The van der Waals surface area contributed by atoms with Crippen molar-refractivity contribution in [3.8, 4) is 0 Å². The van der Waals surface area contributed by atoms with Gasteiger partial charge in [0, 0.05) is 19.0 Å². The van der Waals surface area contributed by atoms with Crippen LogP contribution in [0.2, 0.25) is 0 Å². The Morgan fingerprint density at radius 1 is 1.50 bits per heavy atom. The van der Waals surface area contributed by atoms with Gasteiger partial charge < -0.3 is 5.11 Å². The van der Waals surface area contributed by atoms with E-state index in [1.54, 1.807) is 0 Å². The number of Topliss-reactive ketones (excluding diaryl/α,β-unsaturated/α-hetero) is 1. The number of aliphatic carboxylic acids is 1. The van der Waals surface area contributed by atoms with E-state index in [-0.39, 0.29) is 18.2 Å². The molecular formula is C13H17NO3S. The van der Waals surface area contributed by atoms with Crippen molar-refractivity contribution in [3.05, 3.63) is 22.4 Å². The fraction of sp³-hybridized carbons (Fsp3) is 0.538. The predicted molar refractivity (Wildman–Crippen MR) is 70.1 cm³/mol. The van der Waals surface area contributed by atoms with Crippen LogP contribution in [-0.2, 0) is 4.79 Å². The van der Waals surface area contributed by atoms with Crippen molar-refractivity contribution in [1.29, 1.82) is 0 Å². The fourth-order valence-corrected chi connectivity index (χ4v) is 3.12. The van der Waals surface area contributed by atoms with Gasteiger partial charge in [-0.15, -0.1) is 11.3 Å². The lowest BCUT2D eigenvalue weighted by molar-refractivity contribution is -0.138. The van der Waals surface area contributed by atoms with E-state index < -0.39 is 5.97 Å². The predicted octanol–water partition coefficient (Wildman–Crippen LogP) is 2.26. The summed E-state index contributed by atoms with van der Waals surface area (Å²) in [7, 11) is 0. The molecule has 0 aliphatic carbocycles. The summed E-state index contributed by atoms with van der Waals surface area (Å²) >= 11 is 1.46. The Hall–Kier alpha value is -1.20. The van der Waals surface area contributed by atoms with Crippen LogP contribution in [0, 0.1) is 0 Å². The number of carbonyl (C=O) groups is 2. The van der Waals surface area contributed by atoms with Gasteiger partial charge in [0.1, 0.15) is 0 Å². The number of carboxylic acids is 1. The van der Waals surface area contributed by atoms with Crippen LogP contribution in [0.3, 0.4) is 0 Å². The lowest BCUT2D eigenvalue weighted by atomic mass is 10.1. The van der Waals surface area contributed by atoms with Crippen LogP contribution < -0.4 is 0 Å². The molecule has 5 heteroatoms. The molecule has 1 unspecified atom stereocenters. The van der Waals surface area contributed by atoms with E-state index in [9.17, 15) is 9.59 Å². The van der Waals surface area contributed by atoms with Crippen LogP contribution in [0.1, 0.15) is 35.4 Å². The summed E-state index contributed by atoms with van der Waals surface area (Å²) < 4.78 is 0. The molecule has 18 heavy (non-hydrogen) atoms. The summed E-state index contributed by atoms with van der Waals surface area (Å²) in [6.45, 7) is 1.59. The summed E-state index contributed by atoms with van der Waals surface area (Å²) in [6, 6.07) is 3.82. The highest BCUT2D eigenvalue weighted by Crippen LogP contribution is 2.21. The molecule has 1 aromatic rings. The molecule has 0 amide bonds. The lowest BCUT2D eigenvalue weighted by Crippen LogP contribution is -2.33. The van der Waals surface area contributed by atoms with E-state index in [1.807, 2.05) is 17.5 Å². The van der Waals surface area contributed by atoms with E-state index in [0.717, 1.165) is 24.3 Å². The molecule has 4 nitrogen and oxygen atoms in total. The van der Waals surface area contributed by atoms with E-state index in [4.69, 9.17) is 5.11 Å². The minimum absolute atomic E-state index is 0.110. The largest absolute Gasteiger partial charge is 0.481 e. The van der Waals surface area contributed by atoms with Gasteiger partial charge in [0.25, 0.3) is 0 Å². The second kappa shape index (κ2) is 6.11. The van der Waals surface area contributed by atoms with Gasteiger partial charge in [0.2, 0.25) is 0 Å². The number of hydrogen-bond donors (Lipinski definition) is 1. The van der Waals surface area contributed by atoms with Gasteiger partial charge in [-0.05, 0) is 30.8 Å². The number of likely N-dealkylation sites (tertiary alicyclic amines) is 1. The first-order valence-electron chi connectivity index (χ1n) is 6.19. The zero-order chi connectivity index (χ0) is 13.0. The Morgan fingerprint density at radius 2 is 2.33 bits per heavy atom. The van der Waals surface area contributed by atoms with E-state index in [1.165, 1.54) is 11.3 Å². The summed E-state index contributed by atoms with van der Waals surface area (Å²) in [5, 5.41) is 10.7.